The molecule has 2 aromatic heterocycles. The summed E-state index contributed by atoms with van der Waals surface area (Å²) >= 11 is 0. The molecule has 0 fully saturated rings. The van der Waals surface area contributed by atoms with Gasteiger partial charge in [-0.3, -0.25) is 14.7 Å². The molecule has 1 aromatic carbocycles. The highest BCUT2D eigenvalue weighted by Gasteiger charge is 2.04. The summed E-state index contributed by atoms with van der Waals surface area (Å²) < 4.78 is 1.21. The van der Waals surface area contributed by atoms with Crippen LogP contribution in [-0.4, -0.2) is 14.6 Å². The Bertz CT molecular complexity index is 763. The summed E-state index contributed by atoms with van der Waals surface area (Å²) in [6.07, 6.45) is 0. The number of nitrogens with one attached hydrogen (secondary N) is 2. The van der Waals surface area contributed by atoms with Gasteiger partial charge in [-0.2, -0.15) is 4.52 Å². The molecule has 0 aliphatic rings. The highest BCUT2D eigenvalue weighted by molar-refractivity contribution is 5.79. The number of para-hydroxylation sites is 1. The standard InChI is InChI=1S/C10H7N3O2/c14-9-5-8-11-7-4-2-1-3-6(7)10(15)13(8)12-9/h1-5,11H,(H,12,14). The summed E-state index contributed by atoms with van der Waals surface area (Å²) in [7, 11) is 0. The van der Waals surface area contributed by atoms with Crippen LogP contribution >= 0.6 is 0 Å². The number of H-pyrrole nitrogens is 2. The van der Waals surface area contributed by atoms with Crippen LogP contribution < -0.4 is 11.1 Å². The van der Waals surface area contributed by atoms with Crippen molar-refractivity contribution in [3.05, 3.63) is 51.0 Å². The van der Waals surface area contributed by atoms with Gasteiger partial charge in [-0.25, -0.2) is 0 Å². The number of nitrogens with zero attached hydrogens (tertiary/aromatic N) is 1. The lowest BCUT2D eigenvalue weighted by atomic mass is 10.2. The molecule has 0 spiro atoms. The van der Waals surface area contributed by atoms with Gasteiger partial charge in [0.1, 0.15) is 5.65 Å². The van der Waals surface area contributed by atoms with Crippen LogP contribution in [0.15, 0.2) is 39.9 Å². The minimum Gasteiger partial charge on any atom is -0.339 e. The molecule has 2 N–H and O–H groups in total. The molecule has 3 aromatic rings. The molecule has 0 aliphatic heterocycles. The Labute approximate surface area is 83.0 Å². The number of fused-ring (bicyclic) bond motifs is 2. The molecule has 0 atom stereocenters. The number of hydrogen-bond donors (Lipinski definition) is 2. The number of rotatable bonds is 0. The smallest absolute Gasteiger partial charge is 0.280 e. The normalized spacial score (nSPS) is 11.2. The van der Waals surface area contributed by atoms with E-state index >= 15 is 0 Å². The highest BCUT2D eigenvalue weighted by Crippen LogP contribution is 2.06. The van der Waals surface area contributed by atoms with E-state index in [9.17, 15) is 9.59 Å². The van der Waals surface area contributed by atoms with Crippen molar-refractivity contribution in [3.63, 3.8) is 0 Å². The van der Waals surface area contributed by atoms with Gasteiger partial charge in [-0.1, -0.05) is 12.1 Å². The summed E-state index contributed by atoms with van der Waals surface area (Å²) in [4.78, 5) is 26.0. The Balaban J connectivity index is 2.71. The SMILES string of the molecule is O=c1cc2[nH]c3ccccc3c(=O)n2[nH]1. The molecular formula is C10H7N3O2. The van der Waals surface area contributed by atoms with Gasteiger partial charge in [0.25, 0.3) is 11.1 Å². The monoisotopic (exact) mass is 201 g/mol. The van der Waals surface area contributed by atoms with E-state index in [1.165, 1.54) is 10.6 Å². The second kappa shape index (κ2) is 2.60. The van der Waals surface area contributed by atoms with Crippen molar-refractivity contribution in [2.24, 2.45) is 0 Å². The molecule has 2 heterocycles. The van der Waals surface area contributed by atoms with Gasteiger partial charge >= 0.3 is 0 Å². The van der Waals surface area contributed by atoms with Gasteiger partial charge in [-0.05, 0) is 12.1 Å². The molecule has 5 heteroatoms. The quantitative estimate of drug-likeness (QED) is 0.555. The van der Waals surface area contributed by atoms with Gasteiger partial charge in [-0.15, -0.1) is 0 Å². The van der Waals surface area contributed by atoms with E-state index in [1.54, 1.807) is 18.2 Å². The Morgan fingerprint density at radius 2 is 1.93 bits per heavy atom. The third-order valence-electron chi connectivity index (χ3n) is 2.35. The molecule has 0 unspecified atom stereocenters. The first-order valence-corrected chi connectivity index (χ1v) is 4.48. The van der Waals surface area contributed by atoms with Gasteiger partial charge in [0.05, 0.1) is 10.9 Å². The van der Waals surface area contributed by atoms with E-state index < -0.39 is 0 Å². The van der Waals surface area contributed by atoms with Gasteiger partial charge < -0.3 is 4.98 Å². The lowest BCUT2D eigenvalue weighted by molar-refractivity contribution is 0.897. The fourth-order valence-electron chi connectivity index (χ4n) is 1.68. The maximum Gasteiger partial charge on any atom is 0.280 e. The molecule has 15 heavy (non-hydrogen) atoms. The van der Waals surface area contributed by atoms with Crippen LogP contribution in [0, 0.1) is 0 Å². The maximum atomic E-state index is 11.9. The van der Waals surface area contributed by atoms with Crippen molar-refractivity contribution in [1.82, 2.24) is 14.6 Å². The van der Waals surface area contributed by atoms with Crippen molar-refractivity contribution in [2.45, 2.75) is 0 Å². The lowest BCUT2D eigenvalue weighted by Gasteiger charge is -1.98. The first-order valence-electron chi connectivity index (χ1n) is 4.48. The van der Waals surface area contributed by atoms with E-state index in [-0.39, 0.29) is 11.1 Å². The Kier molecular flexibility index (Phi) is 1.39. The predicted octanol–water partition coefficient (Wildman–Crippen LogP) is 0.469. The topological polar surface area (TPSA) is 70.1 Å². The zero-order valence-corrected chi connectivity index (χ0v) is 7.65. The first kappa shape index (κ1) is 8.05. The summed E-state index contributed by atoms with van der Waals surface area (Å²) in [5.74, 6) is 0. The van der Waals surface area contributed by atoms with Crippen LogP contribution in [0.2, 0.25) is 0 Å². The third-order valence-corrected chi connectivity index (χ3v) is 2.35. The Morgan fingerprint density at radius 3 is 2.80 bits per heavy atom. The highest BCUT2D eigenvalue weighted by atomic mass is 16.1. The Morgan fingerprint density at radius 1 is 1.13 bits per heavy atom. The molecule has 5 nitrogen and oxygen atoms in total. The minimum absolute atomic E-state index is 0.221. The van der Waals surface area contributed by atoms with Crippen LogP contribution in [-0.2, 0) is 0 Å². The van der Waals surface area contributed by atoms with E-state index in [0.717, 1.165) is 5.52 Å². The fourth-order valence-corrected chi connectivity index (χ4v) is 1.68. The van der Waals surface area contributed by atoms with Gasteiger partial charge in [0.2, 0.25) is 0 Å². The molecule has 3 rings (SSSR count). The number of aromatic amines is 2. The molecular weight excluding hydrogens is 194 g/mol. The van der Waals surface area contributed by atoms with Crippen molar-refractivity contribution >= 4 is 16.6 Å². The van der Waals surface area contributed by atoms with Crippen LogP contribution in [0.25, 0.3) is 16.6 Å². The minimum atomic E-state index is -0.293. The van der Waals surface area contributed by atoms with Crippen molar-refractivity contribution in [1.29, 1.82) is 0 Å². The van der Waals surface area contributed by atoms with Crippen molar-refractivity contribution < 1.29 is 0 Å². The van der Waals surface area contributed by atoms with E-state index in [0.29, 0.717) is 11.0 Å². The molecule has 0 radical (unpaired) electrons. The van der Waals surface area contributed by atoms with Gasteiger partial charge in [0.15, 0.2) is 0 Å². The van der Waals surface area contributed by atoms with Gasteiger partial charge in [0, 0.05) is 6.07 Å². The summed E-state index contributed by atoms with van der Waals surface area (Å²) in [6.45, 7) is 0. The van der Waals surface area contributed by atoms with Crippen LogP contribution in [0.3, 0.4) is 0 Å². The van der Waals surface area contributed by atoms with Crippen LogP contribution in [0.1, 0.15) is 0 Å². The second-order valence-corrected chi connectivity index (χ2v) is 3.32. The maximum absolute atomic E-state index is 11.9. The average Bonchev–Trinajstić information content (AvgIpc) is 2.59. The van der Waals surface area contributed by atoms with E-state index in [1.807, 2.05) is 6.07 Å². The molecule has 0 bridgehead atoms. The van der Waals surface area contributed by atoms with Crippen molar-refractivity contribution in [3.8, 4) is 0 Å². The number of hydrogen-bond acceptors (Lipinski definition) is 2. The zero-order chi connectivity index (χ0) is 10.4. The average molecular weight is 201 g/mol. The summed E-state index contributed by atoms with van der Waals surface area (Å²) in [5, 5.41) is 2.99. The second-order valence-electron chi connectivity index (χ2n) is 3.32. The molecule has 74 valence electrons. The zero-order valence-electron chi connectivity index (χ0n) is 7.65. The third kappa shape index (κ3) is 1.03. The molecule has 0 saturated carbocycles. The van der Waals surface area contributed by atoms with Crippen LogP contribution in [0.4, 0.5) is 0 Å². The largest absolute Gasteiger partial charge is 0.339 e. The predicted molar refractivity (Wildman–Crippen MR) is 56.1 cm³/mol. The van der Waals surface area contributed by atoms with Crippen molar-refractivity contribution in [2.75, 3.05) is 0 Å². The lowest BCUT2D eigenvalue weighted by Crippen LogP contribution is -2.16. The van der Waals surface area contributed by atoms with E-state index in [2.05, 4.69) is 10.1 Å². The molecule has 0 saturated heterocycles. The van der Waals surface area contributed by atoms with E-state index in [4.69, 9.17) is 0 Å². The summed E-state index contributed by atoms with van der Waals surface area (Å²) in [6, 6.07) is 8.48. The summed E-state index contributed by atoms with van der Waals surface area (Å²) in [5.41, 5.74) is 0.685. The van der Waals surface area contributed by atoms with Crippen LogP contribution in [0.5, 0.6) is 0 Å². The number of benzene rings is 1. The molecule has 0 amide bonds. The Hall–Kier alpha value is -2.30. The molecule has 0 aliphatic carbocycles. The first-order chi connectivity index (χ1) is 7.25. The fraction of sp³-hybridized carbons (Fsp3) is 0. The number of aromatic nitrogens is 3.